The van der Waals surface area contributed by atoms with Crippen LogP contribution in [0.15, 0.2) is 36.4 Å². The molecule has 1 N–H and O–H groups in total. The number of ether oxygens (including phenoxy) is 1. The molecule has 0 atom stereocenters. The average Bonchev–Trinajstić information content (AvgIpc) is 2.83. The van der Waals surface area contributed by atoms with E-state index in [0.29, 0.717) is 15.0 Å². The molecule has 0 unspecified atom stereocenters. The lowest BCUT2D eigenvalue weighted by molar-refractivity contribution is 0.0925. The Balaban J connectivity index is 1.97. The van der Waals surface area contributed by atoms with Crippen molar-refractivity contribution in [3.05, 3.63) is 51.2 Å². The second kappa shape index (κ2) is 6.00. The fraction of sp³-hybridized carbons (Fsp3) is 0.154. The van der Waals surface area contributed by atoms with Crippen LogP contribution in [0.2, 0.25) is 4.34 Å². The third-order valence-electron chi connectivity index (χ3n) is 2.30. The first-order valence-electron chi connectivity index (χ1n) is 5.30. The summed E-state index contributed by atoms with van der Waals surface area (Å²) in [7, 11) is 0. The molecule has 0 saturated carbocycles. The molecule has 0 bridgehead atoms. The van der Waals surface area contributed by atoms with Crippen molar-refractivity contribution in [1.82, 2.24) is 0 Å². The van der Waals surface area contributed by atoms with E-state index in [-0.39, 0.29) is 19.0 Å². The van der Waals surface area contributed by atoms with Gasteiger partial charge in [0.25, 0.3) is 0 Å². The zero-order valence-electron chi connectivity index (χ0n) is 9.43. The number of halogens is 1. The molecule has 2 aromatic rings. The third kappa shape index (κ3) is 3.32. The summed E-state index contributed by atoms with van der Waals surface area (Å²) in [4.78, 5) is 12.3. The second-order valence-corrected chi connectivity index (χ2v) is 5.34. The van der Waals surface area contributed by atoms with Crippen molar-refractivity contribution in [2.45, 2.75) is 6.61 Å². The number of benzene rings is 1. The normalized spacial score (nSPS) is 10.3. The van der Waals surface area contributed by atoms with Gasteiger partial charge in [-0.25, -0.2) is 0 Å². The standard InChI is InChI=1S/C13H11ClO3S/c14-13-5-4-12(18-13)11(16)8-17-10-3-1-2-9(6-10)7-15/h1-6,15H,7-8H2. The lowest BCUT2D eigenvalue weighted by Gasteiger charge is -2.05. The van der Waals surface area contributed by atoms with Gasteiger partial charge in [-0.05, 0) is 29.8 Å². The van der Waals surface area contributed by atoms with Gasteiger partial charge >= 0.3 is 0 Å². The van der Waals surface area contributed by atoms with Crippen molar-refractivity contribution >= 4 is 28.7 Å². The smallest absolute Gasteiger partial charge is 0.210 e. The van der Waals surface area contributed by atoms with E-state index in [1.165, 1.54) is 11.3 Å². The molecule has 1 aromatic carbocycles. The van der Waals surface area contributed by atoms with E-state index in [9.17, 15) is 4.79 Å². The Morgan fingerprint density at radius 3 is 2.83 bits per heavy atom. The summed E-state index contributed by atoms with van der Waals surface area (Å²) in [6.45, 7) is -0.0859. The molecule has 2 rings (SSSR count). The zero-order chi connectivity index (χ0) is 13.0. The highest BCUT2D eigenvalue weighted by Gasteiger charge is 2.09. The molecule has 1 heterocycles. The SMILES string of the molecule is O=C(COc1cccc(CO)c1)c1ccc(Cl)s1. The molecule has 0 amide bonds. The van der Waals surface area contributed by atoms with Crippen LogP contribution in [0.4, 0.5) is 0 Å². The summed E-state index contributed by atoms with van der Waals surface area (Å²) in [5, 5.41) is 8.98. The topological polar surface area (TPSA) is 46.5 Å². The molecule has 0 aliphatic heterocycles. The molecule has 94 valence electrons. The number of carbonyl (C=O) groups excluding carboxylic acids is 1. The number of hydrogen-bond donors (Lipinski definition) is 1. The maximum absolute atomic E-state index is 11.8. The molecule has 1 aromatic heterocycles. The van der Waals surface area contributed by atoms with Crippen LogP contribution in [0.25, 0.3) is 0 Å². The lowest BCUT2D eigenvalue weighted by atomic mass is 10.2. The van der Waals surface area contributed by atoms with Gasteiger partial charge < -0.3 is 9.84 Å². The van der Waals surface area contributed by atoms with E-state index in [1.54, 1.807) is 36.4 Å². The minimum Gasteiger partial charge on any atom is -0.485 e. The maximum Gasteiger partial charge on any atom is 0.210 e. The van der Waals surface area contributed by atoms with Crippen LogP contribution in [0.3, 0.4) is 0 Å². The molecule has 0 saturated heterocycles. The molecule has 0 radical (unpaired) electrons. The predicted molar refractivity (Wildman–Crippen MR) is 71.5 cm³/mol. The van der Waals surface area contributed by atoms with Gasteiger partial charge in [-0.15, -0.1) is 11.3 Å². The summed E-state index contributed by atoms with van der Waals surface area (Å²) in [6, 6.07) is 10.4. The Bertz CT molecular complexity index is 551. The fourth-order valence-electron chi connectivity index (χ4n) is 1.42. The summed E-state index contributed by atoms with van der Waals surface area (Å²) in [6.07, 6.45) is 0. The molecule has 0 spiro atoms. The van der Waals surface area contributed by atoms with Crippen molar-refractivity contribution in [2.75, 3.05) is 6.61 Å². The van der Waals surface area contributed by atoms with Crippen molar-refractivity contribution < 1.29 is 14.6 Å². The lowest BCUT2D eigenvalue weighted by Crippen LogP contribution is -2.10. The Hall–Kier alpha value is -1.36. The Morgan fingerprint density at radius 2 is 2.17 bits per heavy atom. The van der Waals surface area contributed by atoms with E-state index in [1.807, 2.05) is 0 Å². The minimum atomic E-state index is -0.110. The molecule has 18 heavy (non-hydrogen) atoms. The van der Waals surface area contributed by atoms with Crippen molar-refractivity contribution in [3.63, 3.8) is 0 Å². The first kappa shape index (κ1) is 13.1. The molecule has 3 nitrogen and oxygen atoms in total. The third-order valence-corrected chi connectivity index (χ3v) is 3.57. The highest BCUT2D eigenvalue weighted by Crippen LogP contribution is 2.22. The number of Topliss-reactive ketones (excluding diaryl/α,β-unsaturated/α-hetero) is 1. The van der Waals surface area contributed by atoms with Crippen LogP contribution in [0.5, 0.6) is 5.75 Å². The highest BCUT2D eigenvalue weighted by molar-refractivity contribution is 7.18. The van der Waals surface area contributed by atoms with Crippen LogP contribution >= 0.6 is 22.9 Å². The molecule has 0 aliphatic rings. The van der Waals surface area contributed by atoms with Gasteiger partial charge in [-0.1, -0.05) is 23.7 Å². The average molecular weight is 283 g/mol. The first-order valence-corrected chi connectivity index (χ1v) is 6.49. The van der Waals surface area contributed by atoms with Crippen LogP contribution < -0.4 is 4.74 Å². The van der Waals surface area contributed by atoms with Gasteiger partial charge in [0.05, 0.1) is 15.8 Å². The van der Waals surface area contributed by atoms with Crippen molar-refractivity contribution in [3.8, 4) is 5.75 Å². The van der Waals surface area contributed by atoms with Gasteiger partial charge in [-0.2, -0.15) is 0 Å². The number of hydrogen-bond acceptors (Lipinski definition) is 4. The number of thiophene rings is 1. The van der Waals surface area contributed by atoms with E-state index in [4.69, 9.17) is 21.4 Å². The van der Waals surface area contributed by atoms with E-state index in [0.717, 1.165) is 5.56 Å². The summed E-state index contributed by atoms with van der Waals surface area (Å²) in [5.74, 6) is 0.457. The van der Waals surface area contributed by atoms with E-state index < -0.39 is 0 Å². The minimum absolute atomic E-state index is 0.0360. The van der Waals surface area contributed by atoms with Crippen molar-refractivity contribution in [2.24, 2.45) is 0 Å². The van der Waals surface area contributed by atoms with E-state index >= 15 is 0 Å². The number of rotatable bonds is 5. The van der Waals surface area contributed by atoms with Crippen LogP contribution in [-0.4, -0.2) is 17.5 Å². The second-order valence-electron chi connectivity index (χ2n) is 3.62. The van der Waals surface area contributed by atoms with E-state index in [2.05, 4.69) is 0 Å². The monoisotopic (exact) mass is 282 g/mol. The fourth-order valence-corrected chi connectivity index (χ4v) is 2.39. The molecule has 0 fully saturated rings. The molecule has 5 heteroatoms. The van der Waals surface area contributed by atoms with Crippen LogP contribution in [0, 0.1) is 0 Å². The first-order chi connectivity index (χ1) is 8.69. The summed E-state index contributed by atoms with van der Waals surface area (Å²) >= 11 is 6.99. The molecular formula is C13H11ClO3S. The number of aliphatic hydroxyl groups is 1. The van der Waals surface area contributed by atoms with Crippen LogP contribution in [0.1, 0.15) is 15.2 Å². The molecular weight excluding hydrogens is 272 g/mol. The summed E-state index contributed by atoms with van der Waals surface area (Å²) < 4.78 is 5.96. The maximum atomic E-state index is 11.8. The number of ketones is 1. The Labute approximate surface area is 114 Å². The Morgan fingerprint density at radius 1 is 1.33 bits per heavy atom. The highest BCUT2D eigenvalue weighted by atomic mass is 35.5. The number of aliphatic hydroxyl groups excluding tert-OH is 1. The summed E-state index contributed by atoms with van der Waals surface area (Å²) in [5.41, 5.74) is 0.749. The zero-order valence-corrected chi connectivity index (χ0v) is 11.0. The van der Waals surface area contributed by atoms with Gasteiger partial charge in [0.15, 0.2) is 6.61 Å². The van der Waals surface area contributed by atoms with Gasteiger partial charge in [-0.3, -0.25) is 4.79 Å². The van der Waals surface area contributed by atoms with Crippen molar-refractivity contribution in [1.29, 1.82) is 0 Å². The molecule has 0 aliphatic carbocycles. The Kier molecular flexibility index (Phi) is 4.36. The predicted octanol–water partition coefficient (Wildman–Crippen LogP) is 3.16. The quantitative estimate of drug-likeness (QED) is 0.857. The van der Waals surface area contributed by atoms with Gasteiger partial charge in [0, 0.05) is 0 Å². The number of carbonyl (C=O) groups is 1. The largest absolute Gasteiger partial charge is 0.485 e. The van der Waals surface area contributed by atoms with Crippen LogP contribution in [-0.2, 0) is 6.61 Å². The van der Waals surface area contributed by atoms with Gasteiger partial charge in [0.2, 0.25) is 5.78 Å². The van der Waals surface area contributed by atoms with Gasteiger partial charge in [0.1, 0.15) is 5.75 Å².